The molecule has 61 heavy (non-hydrogen) atoms. The van der Waals surface area contributed by atoms with Crippen LogP contribution < -0.4 is 48.7 Å². The average molecular weight is 892 g/mol. The largest absolute Gasteiger partial charge is 0.480 e. The molecule has 0 aliphatic carbocycles. The van der Waals surface area contributed by atoms with E-state index in [-0.39, 0.29) is 37.5 Å². The lowest BCUT2D eigenvalue weighted by atomic mass is 10.00. The number of carbonyl (C=O) groups is 8. The first-order valence-electron chi connectivity index (χ1n) is 20.7. The molecular formula is C39H73N9O12S. The fourth-order valence-electron chi connectivity index (χ4n) is 5.91. The molecule has 10 atom stereocenters. The Balaban J connectivity index is 6.41. The lowest BCUT2D eigenvalue weighted by Gasteiger charge is -2.29. The molecule has 0 aromatic carbocycles. The highest BCUT2D eigenvalue weighted by molar-refractivity contribution is 7.98. The van der Waals surface area contributed by atoms with E-state index < -0.39 is 120 Å². The normalized spacial score (nSPS) is 16.4. The van der Waals surface area contributed by atoms with Gasteiger partial charge in [0.15, 0.2) is 0 Å². The molecule has 0 heterocycles. The Morgan fingerprint density at radius 3 is 1.30 bits per heavy atom. The van der Waals surface area contributed by atoms with Crippen molar-refractivity contribution < 1.29 is 58.8 Å². The molecule has 0 saturated heterocycles. The topological polar surface area (TPSA) is 354 Å². The molecule has 0 spiro atoms. The zero-order valence-electron chi connectivity index (χ0n) is 37.0. The molecule has 0 saturated carbocycles. The van der Waals surface area contributed by atoms with Crippen LogP contribution in [0.5, 0.6) is 0 Å². The number of nitrogens with one attached hydrogen (secondary N) is 7. The van der Waals surface area contributed by atoms with Gasteiger partial charge in [-0.1, -0.05) is 41.5 Å². The number of aliphatic carboxylic acids is 1. The average Bonchev–Trinajstić information content (AvgIpc) is 3.16. The van der Waals surface area contributed by atoms with Crippen LogP contribution in [0.25, 0.3) is 0 Å². The first-order valence-corrected chi connectivity index (χ1v) is 22.1. The Morgan fingerprint density at radius 1 is 0.541 bits per heavy atom. The zero-order valence-corrected chi connectivity index (χ0v) is 37.8. The van der Waals surface area contributed by atoms with Gasteiger partial charge in [0.2, 0.25) is 41.4 Å². The molecule has 0 rings (SSSR count). The van der Waals surface area contributed by atoms with Crippen molar-refractivity contribution >= 4 is 59.1 Å². The Bertz CT molecular complexity index is 1440. The summed E-state index contributed by atoms with van der Waals surface area (Å²) in [4.78, 5) is 106. The van der Waals surface area contributed by atoms with Crippen molar-refractivity contribution in [3.8, 4) is 0 Å². The van der Waals surface area contributed by atoms with Crippen LogP contribution in [0.15, 0.2) is 0 Å². The summed E-state index contributed by atoms with van der Waals surface area (Å²) in [6.45, 7) is 12.4. The summed E-state index contributed by atoms with van der Waals surface area (Å²) in [5.74, 6) is -7.69. The van der Waals surface area contributed by atoms with E-state index >= 15 is 0 Å². The number of carboxylic acids is 1. The minimum atomic E-state index is -1.71. The lowest BCUT2D eigenvalue weighted by Crippen LogP contribution is -2.63. The molecule has 21 nitrogen and oxygen atoms in total. The quantitative estimate of drug-likeness (QED) is 0.0324. The molecule has 22 heteroatoms. The predicted octanol–water partition coefficient (Wildman–Crippen LogP) is -2.82. The predicted molar refractivity (Wildman–Crippen MR) is 229 cm³/mol. The van der Waals surface area contributed by atoms with Crippen LogP contribution in [0.2, 0.25) is 0 Å². The highest BCUT2D eigenvalue weighted by atomic mass is 32.2. The van der Waals surface area contributed by atoms with Gasteiger partial charge in [-0.05, 0) is 88.7 Å². The third-order valence-corrected chi connectivity index (χ3v) is 10.0. The molecule has 0 unspecified atom stereocenters. The number of carbonyl (C=O) groups excluding carboxylic acids is 7. The third-order valence-electron chi connectivity index (χ3n) is 9.39. The van der Waals surface area contributed by atoms with Gasteiger partial charge in [0, 0.05) is 0 Å². The standard InChI is InChI=1S/C39H73N9O12S/c1-19(2)16-27(44-32(52)24(41)18-49)35(55)42-25(12-10-11-14-40)33(53)45-28(17-20(3)4)36(56)43-26(13-15-61-9)34(54)47-30(22(7)50)38(58)48-31(23(8)51)37(57)46-29(21(5)6)39(59)60/h19-31,49-51H,10-18,40-41H2,1-9H3,(H,42,55)(H,43,56)(H,44,52)(H,45,53)(H,46,57)(H,47,54)(H,48,58)(H,59,60)/t22-,23-,24+,25+,26+,27+,28+,29+,30+,31+/m1/s1. The number of unbranched alkanes of at least 4 members (excludes halogenated alkanes) is 1. The van der Waals surface area contributed by atoms with E-state index in [1.807, 2.05) is 13.8 Å². The number of aliphatic hydroxyl groups is 3. The van der Waals surface area contributed by atoms with Gasteiger partial charge in [-0.15, -0.1) is 0 Å². The van der Waals surface area contributed by atoms with Gasteiger partial charge in [-0.25, -0.2) is 4.79 Å². The molecule has 7 amide bonds. The first kappa shape index (κ1) is 56.9. The summed E-state index contributed by atoms with van der Waals surface area (Å²) in [5, 5.41) is 57.2. The van der Waals surface area contributed by atoms with E-state index in [2.05, 4.69) is 37.2 Å². The van der Waals surface area contributed by atoms with Crippen molar-refractivity contribution in [3.63, 3.8) is 0 Å². The minimum Gasteiger partial charge on any atom is -0.480 e. The molecule has 0 aliphatic rings. The van der Waals surface area contributed by atoms with Crippen LogP contribution in [-0.2, 0) is 38.4 Å². The van der Waals surface area contributed by atoms with Crippen LogP contribution in [0.1, 0.15) is 93.9 Å². The van der Waals surface area contributed by atoms with Gasteiger partial charge in [0.05, 0.1) is 18.8 Å². The summed E-state index contributed by atoms with van der Waals surface area (Å²) in [6.07, 6.45) is 0.0719. The molecule has 0 aliphatic heterocycles. The maximum Gasteiger partial charge on any atom is 0.326 e. The monoisotopic (exact) mass is 892 g/mol. The first-order chi connectivity index (χ1) is 28.4. The van der Waals surface area contributed by atoms with Crippen molar-refractivity contribution in [1.82, 2.24) is 37.2 Å². The van der Waals surface area contributed by atoms with Crippen molar-refractivity contribution in [3.05, 3.63) is 0 Å². The Hall–Kier alpha value is -4.09. The molecule has 0 bridgehead atoms. The number of thioether (sulfide) groups is 1. The number of rotatable bonds is 30. The van der Waals surface area contributed by atoms with Crippen LogP contribution in [-0.4, -0.2) is 153 Å². The molecule has 352 valence electrons. The van der Waals surface area contributed by atoms with Crippen LogP contribution in [0.4, 0.5) is 0 Å². The van der Waals surface area contributed by atoms with E-state index in [9.17, 15) is 58.8 Å². The summed E-state index contributed by atoms with van der Waals surface area (Å²) in [7, 11) is 0. The summed E-state index contributed by atoms with van der Waals surface area (Å²) < 4.78 is 0. The van der Waals surface area contributed by atoms with E-state index in [1.54, 1.807) is 34.0 Å². The number of carboxylic acid groups (broad SMARTS) is 1. The van der Waals surface area contributed by atoms with E-state index in [0.29, 0.717) is 25.1 Å². The van der Waals surface area contributed by atoms with Crippen LogP contribution >= 0.6 is 11.8 Å². The fraction of sp³-hybridized carbons (Fsp3) is 0.795. The van der Waals surface area contributed by atoms with Gasteiger partial charge in [0.25, 0.3) is 0 Å². The van der Waals surface area contributed by atoms with E-state index in [1.165, 1.54) is 25.6 Å². The highest BCUT2D eigenvalue weighted by Crippen LogP contribution is 2.12. The number of hydrogen-bond acceptors (Lipinski definition) is 14. The second-order valence-corrected chi connectivity index (χ2v) is 17.4. The maximum absolute atomic E-state index is 13.9. The fourth-order valence-corrected chi connectivity index (χ4v) is 6.39. The molecule has 0 aromatic rings. The highest BCUT2D eigenvalue weighted by Gasteiger charge is 2.37. The molecule has 0 aromatic heterocycles. The molecule has 15 N–H and O–H groups in total. The second kappa shape index (κ2) is 29.3. The molecule has 0 fully saturated rings. The Morgan fingerprint density at radius 2 is 0.918 bits per heavy atom. The van der Waals surface area contributed by atoms with Crippen molar-refractivity contribution in [1.29, 1.82) is 0 Å². The lowest BCUT2D eigenvalue weighted by molar-refractivity contribution is -0.144. The maximum atomic E-state index is 13.9. The molecular weight excluding hydrogens is 819 g/mol. The SMILES string of the molecule is CSCC[C@H](NC(=O)[C@H](CC(C)C)NC(=O)[C@H](CCCCN)NC(=O)[C@H](CC(C)C)NC(=O)[C@@H](N)CO)C(=O)N[C@H](C(=O)N[C@H](C(=O)N[C@H](C(=O)O)C(C)C)[C@@H](C)O)[C@@H](C)O. The second-order valence-electron chi connectivity index (χ2n) is 16.4. The Labute approximate surface area is 363 Å². The third kappa shape index (κ3) is 21.5. The summed E-state index contributed by atoms with van der Waals surface area (Å²) in [6, 6.07) is -10.8. The number of nitrogens with two attached hydrogens (primary N) is 2. The zero-order chi connectivity index (χ0) is 47.1. The smallest absolute Gasteiger partial charge is 0.326 e. The number of hydrogen-bond donors (Lipinski definition) is 13. The Kier molecular flexibility index (Phi) is 27.3. The van der Waals surface area contributed by atoms with Gasteiger partial charge in [-0.2, -0.15) is 11.8 Å². The minimum absolute atomic E-state index is 0.0421. The van der Waals surface area contributed by atoms with Gasteiger partial charge in [0.1, 0.15) is 48.3 Å². The van der Waals surface area contributed by atoms with Gasteiger partial charge < -0.3 is 69.1 Å². The number of aliphatic hydroxyl groups excluding tert-OH is 3. The number of amides is 7. The van der Waals surface area contributed by atoms with Crippen molar-refractivity contribution in [2.45, 2.75) is 154 Å². The van der Waals surface area contributed by atoms with E-state index in [0.717, 1.165) is 0 Å². The van der Waals surface area contributed by atoms with Gasteiger partial charge >= 0.3 is 5.97 Å². The van der Waals surface area contributed by atoms with E-state index in [4.69, 9.17) is 11.5 Å². The van der Waals surface area contributed by atoms with Crippen LogP contribution in [0.3, 0.4) is 0 Å². The summed E-state index contributed by atoms with van der Waals surface area (Å²) in [5.41, 5.74) is 11.3. The van der Waals surface area contributed by atoms with Crippen molar-refractivity contribution in [2.75, 3.05) is 25.2 Å². The summed E-state index contributed by atoms with van der Waals surface area (Å²) >= 11 is 1.35. The molecule has 0 radical (unpaired) electrons. The van der Waals surface area contributed by atoms with Gasteiger partial charge in [-0.3, -0.25) is 33.6 Å². The van der Waals surface area contributed by atoms with Crippen molar-refractivity contribution in [2.24, 2.45) is 29.2 Å². The van der Waals surface area contributed by atoms with Crippen LogP contribution in [0, 0.1) is 17.8 Å².